The molecule has 0 radical (unpaired) electrons. The number of amides is 1. The fourth-order valence-corrected chi connectivity index (χ4v) is 3.72. The number of benzene rings is 2. The van der Waals surface area contributed by atoms with Crippen molar-refractivity contribution >= 4 is 17.7 Å². The van der Waals surface area contributed by atoms with Gasteiger partial charge in [0.25, 0.3) is 11.1 Å². The zero-order valence-electron chi connectivity index (χ0n) is 17.7. The monoisotopic (exact) mass is 457 g/mol. The lowest BCUT2D eigenvalue weighted by Crippen LogP contribution is -2.34. The topological polar surface area (TPSA) is 105 Å². The molecule has 1 aliphatic heterocycles. The van der Waals surface area contributed by atoms with Crippen molar-refractivity contribution in [2.45, 2.75) is 17.3 Å². The summed E-state index contributed by atoms with van der Waals surface area (Å²) in [5, 5.41) is 11.5. The van der Waals surface area contributed by atoms with Gasteiger partial charge in [-0.3, -0.25) is 4.79 Å². The average molecular weight is 458 g/mol. The number of nitrogens with zero attached hydrogens (tertiary/aromatic N) is 2. The molecule has 1 amide bonds. The summed E-state index contributed by atoms with van der Waals surface area (Å²) < 4.78 is 27.0. The number of methoxy groups -OCH3 is 2. The summed E-state index contributed by atoms with van der Waals surface area (Å²) >= 11 is 1.42. The molecule has 3 aromatic rings. The van der Waals surface area contributed by atoms with Crippen LogP contribution in [-0.4, -0.2) is 56.4 Å². The number of rotatable bonds is 9. The molecule has 0 saturated heterocycles. The number of hydrogen-bond acceptors (Lipinski definition) is 9. The number of fused-ring (bicyclic) bond motifs is 1. The first-order valence-electron chi connectivity index (χ1n) is 9.95. The van der Waals surface area contributed by atoms with Crippen LogP contribution in [0.5, 0.6) is 11.5 Å². The Labute approximate surface area is 189 Å². The van der Waals surface area contributed by atoms with Crippen molar-refractivity contribution in [2.75, 3.05) is 34.0 Å². The molecule has 1 aliphatic rings. The summed E-state index contributed by atoms with van der Waals surface area (Å²) in [5.41, 5.74) is 2.36. The van der Waals surface area contributed by atoms with E-state index in [4.69, 9.17) is 23.4 Å². The van der Waals surface area contributed by atoms with Crippen LogP contribution in [0, 0.1) is 0 Å². The number of carbonyl (C=O) groups is 1. The molecule has 168 valence electrons. The molecule has 4 rings (SSSR count). The van der Waals surface area contributed by atoms with E-state index >= 15 is 0 Å². The predicted octanol–water partition coefficient (Wildman–Crippen LogP) is 3.15. The van der Waals surface area contributed by atoms with E-state index in [0.29, 0.717) is 47.1 Å². The van der Waals surface area contributed by atoms with Gasteiger partial charge in [-0.25, -0.2) is 0 Å². The van der Waals surface area contributed by atoms with Gasteiger partial charge in [0.2, 0.25) is 5.89 Å². The van der Waals surface area contributed by atoms with Crippen LogP contribution >= 0.6 is 11.8 Å². The standard InChI is InChI=1S/C22H23N3O6S/c1-27-19(28-2)12-23-20(26)15-5-3-14(4-6-15)13-32-22-25-24-21(31-22)16-7-8-17-18(11-16)30-10-9-29-17/h3-8,11,19H,9-10,12-13H2,1-2H3,(H,23,26). The number of carbonyl (C=O) groups excluding carboxylic acids is 1. The molecule has 2 heterocycles. The van der Waals surface area contributed by atoms with Gasteiger partial charge in [0, 0.05) is 31.1 Å². The highest BCUT2D eigenvalue weighted by atomic mass is 32.2. The third kappa shape index (κ3) is 5.39. The highest BCUT2D eigenvalue weighted by molar-refractivity contribution is 7.98. The summed E-state index contributed by atoms with van der Waals surface area (Å²) in [6.07, 6.45) is -0.476. The molecule has 0 fully saturated rings. The van der Waals surface area contributed by atoms with Crippen molar-refractivity contribution in [3.63, 3.8) is 0 Å². The smallest absolute Gasteiger partial charge is 0.277 e. The summed E-state index contributed by atoms with van der Waals surface area (Å²) in [5.74, 6) is 2.24. The van der Waals surface area contributed by atoms with Gasteiger partial charge in [0.15, 0.2) is 17.8 Å². The van der Waals surface area contributed by atoms with Crippen LogP contribution in [0.3, 0.4) is 0 Å². The van der Waals surface area contributed by atoms with E-state index in [2.05, 4.69) is 15.5 Å². The van der Waals surface area contributed by atoms with Gasteiger partial charge >= 0.3 is 0 Å². The number of hydrogen-bond donors (Lipinski definition) is 1. The second-order valence-electron chi connectivity index (χ2n) is 6.83. The average Bonchev–Trinajstić information content (AvgIpc) is 3.32. The van der Waals surface area contributed by atoms with Crippen molar-refractivity contribution < 1.29 is 28.2 Å². The second-order valence-corrected chi connectivity index (χ2v) is 7.75. The van der Waals surface area contributed by atoms with Gasteiger partial charge in [0.1, 0.15) is 13.2 Å². The molecular weight excluding hydrogens is 434 g/mol. The van der Waals surface area contributed by atoms with Crippen LogP contribution in [-0.2, 0) is 15.2 Å². The van der Waals surface area contributed by atoms with E-state index in [0.717, 1.165) is 11.1 Å². The van der Waals surface area contributed by atoms with E-state index in [1.165, 1.54) is 26.0 Å². The molecule has 1 aromatic heterocycles. The minimum atomic E-state index is -0.476. The Balaban J connectivity index is 1.32. The van der Waals surface area contributed by atoms with Gasteiger partial charge in [0.05, 0.1) is 6.54 Å². The molecule has 10 heteroatoms. The highest BCUT2D eigenvalue weighted by Crippen LogP contribution is 2.35. The fourth-order valence-electron chi connectivity index (χ4n) is 3.00. The SMILES string of the molecule is COC(CNC(=O)c1ccc(CSc2nnc(-c3ccc4c(c3)OCCO4)o2)cc1)OC. The number of thioether (sulfide) groups is 1. The van der Waals surface area contributed by atoms with E-state index < -0.39 is 6.29 Å². The lowest BCUT2D eigenvalue weighted by atomic mass is 10.1. The third-order valence-corrected chi connectivity index (χ3v) is 5.62. The quantitative estimate of drug-likeness (QED) is 0.383. The van der Waals surface area contributed by atoms with Crippen molar-refractivity contribution in [1.82, 2.24) is 15.5 Å². The lowest BCUT2D eigenvalue weighted by molar-refractivity contribution is -0.0974. The van der Waals surface area contributed by atoms with Crippen LogP contribution in [0.2, 0.25) is 0 Å². The molecule has 1 N–H and O–H groups in total. The van der Waals surface area contributed by atoms with E-state index in [-0.39, 0.29) is 12.5 Å². The molecule has 9 nitrogen and oxygen atoms in total. The summed E-state index contributed by atoms with van der Waals surface area (Å²) in [6.45, 7) is 1.33. The Morgan fingerprint density at radius 2 is 1.81 bits per heavy atom. The number of ether oxygens (including phenoxy) is 4. The lowest BCUT2D eigenvalue weighted by Gasteiger charge is -2.18. The van der Waals surface area contributed by atoms with Crippen LogP contribution in [0.25, 0.3) is 11.5 Å². The first kappa shape index (κ1) is 22.1. The summed E-state index contributed by atoms with van der Waals surface area (Å²) in [7, 11) is 3.05. The maximum atomic E-state index is 12.2. The van der Waals surface area contributed by atoms with Crippen LogP contribution in [0.1, 0.15) is 15.9 Å². The van der Waals surface area contributed by atoms with E-state index in [1.807, 2.05) is 30.3 Å². The minimum absolute atomic E-state index is 0.190. The zero-order chi connectivity index (χ0) is 22.3. The summed E-state index contributed by atoms with van der Waals surface area (Å²) in [4.78, 5) is 12.2. The van der Waals surface area contributed by atoms with Crippen molar-refractivity contribution in [3.8, 4) is 23.0 Å². The Morgan fingerprint density at radius 3 is 2.56 bits per heavy atom. The zero-order valence-corrected chi connectivity index (χ0v) is 18.5. The Bertz CT molecular complexity index is 1050. The molecule has 0 bridgehead atoms. The second kappa shape index (κ2) is 10.5. The van der Waals surface area contributed by atoms with Gasteiger partial charge in [-0.1, -0.05) is 23.9 Å². The Hall–Kier alpha value is -3.08. The molecule has 32 heavy (non-hydrogen) atoms. The molecular formula is C22H23N3O6S. The van der Waals surface area contributed by atoms with Gasteiger partial charge < -0.3 is 28.7 Å². The van der Waals surface area contributed by atoms with Gasteiger partial charge in [-0.15, -0.1) is 10.2 Å². The number of nitrogens with one attached hydrogen (secondary N) is 1. The van der Waals surface area contributed by atoms with Gasteiger partial charge in [-0.2, -0.15) is 0 Å². The van der Waals surface area contributed by atoms with Gasteiger partial charge in [-0.05, 0) is 35.9 Å². The maximum Gasteiger partial charge on any atom is 0.277 e. The van der Waals surface area contributed by atoms with E-state index in [9.17, 15) is 4.79 Å². The molecule has 0 unspecified atom stereocenters. The fraction of sp³-hybridized carbons (Fsp3) is 0.318. The predicted molar refractivity (Wildman–Crippen MR) is 117 cm³/mol. The maximum absolute atomic E-state index is 12.2. The molecule has 0 spiro atoms. The summed E-state index contributed by atoms with van der Waals surface area (Å²) in [6, 6.07) is 12.9. The molecule has 0 saturated carbocycles. The first-order chi connectivity index (χ1) is 15.7. The van der Waals surface area contributed by atoms with Crippen molar-refractivity contribution in [3.05, 3.63) is 53.6 Å². The van der Waals surface area contributed by atoms with Crippen molar-refractivity contribution in [1.29, 1.82) is 0 Å². The number of aromatic nitrogens is 2. The largest absolute Gasteiger partial charge is 0.486 e. The third-order valence-electron chi connectivity index (χ3n) is 4.73. The van der Waals surface area contributed by atoms with E-state index in [1.54, 1.807) is 12.1 Å². The Kier molecular flexibility index (Phi) is 7.25. The molecule has 2 aromatic carbocycles. The minimum Gasteiger partial charge on any atom is -0.486 e. The molecule has 0 atom stereocenters. The van der Waals surface area contributed by atoms with Crippen molar-refractivity contribution in [2.24, 2.45) is 0 Å². The van der Waals surface area contributed by atoms with Crippen LogP contribution in [0.4, 0.5) is 0 Å². The highest BCUT2D eigenvalue weighted by Gasteiger charge is 2.16. The normalized spacial score (nSPS) is 12.7. The van der Waals surface area contributed by atoms with Crippen LogP contribution in [0.15, 0.2) is 52.1 Å². The first-order valence-corrected chi connectivity index (χ1v) is 10.9. The Morgan fingerprint density at radius 1 is 1.06 bits per heavy atom. The van der Waals surface area contributed by atoms with Crippen LogP contribution < -0.4 is 14.8 Å². The molecule has 0 aliphatic carbocycles.